The van der Waals surface area contributed by atoms with Crippen molar-refractivity contribution < 1.29 is 5.11 Å². The van der Waals surface area contributed by atoms with Crippen LogP contribution >= 0.6 is 0 Å². The molecule has 0 radical (unpaired) electrons. The zero-order chi connectivity index (χ0) is 18.8. The second-order valence-corrected chi connectivity index (χ2v) is 7.35. The minimum absolute atomic E-state index is 0.451. The topological polar surface area (TPSA) is 69.8 Å². The molecular weight excluding hydrogens is 322 g/mol. The standard InChI is InChI=1S/C22H21N3O/c1-21(2,3)22(26,20-13-24-15-25-14-20)19-10-8-18(9-11-19)17-6-4-16(12-23)5-7-17/h4-11,13-15,26H,1-3H3. The van der Waals surface area contributed by atoms with Gasteiger partial charge in [-0.2, -0.15) is 5.26 Å². The summed E-state index contributed by atoms with van der Waals surface area (Å²) in [5, 5.41) is 20.5. The molecular formula is C22H21N3O. The summed E-state index contributed by atoms with van der Waals surface area (Å²) in [5.74, 6) is 0. The Balaban J connectivity index is 2.03. The van der Waals surface area contributed by atoms with Crippen LogP contribution < -0.4 is 0 Å². The highest BCUT2D eigenvalue weighted by atomic mass is 16.3. The zero-order valence-corrected chi connectivity index (χ0v) is 15.1. The summed E-state index contributed by atoms with van der Waals surface area (Å²) in [4.78, 5) is 8.15. The molecule has 0 aliphatic heterocycles. The van der Waals surface area contributed by atoms with E-state index in [1.807, 2.05) is 57.2 Å². The van der Waals surface area contributed by atoms with Crippen molar-refractivity contribution in [1.29, 1.82) is 5.26 Å². The van der Waals surface area contributed by atoms with Crippen LogP contribution in [-0.2, 0) is 5.60 Å². The van der Waals surface area contributed by atoms with Gasteiger partial charge >= 0.3 is 0 Å². The molecule has 1 unspecified atom stereocenters. The van der Waals surface area contributed by atoms with Crippen molar-refractivity contribution in [1.82, 2.24) is 9.97 Å². The average molecular weight is 343 g/mol. The minimum atomic E-state index is -1.21. The first-order chi connectivity index (χ1) is 12.4. The first-order valence-electron chi connectivity index (χ1n) is 8.45. The number of hydrogen-bond donors (Lipinski definition) is 1. The number of hydrogen-bond acceptors (Lipinski definition) is 4. The van der Waals surface area contributed by atoms with E-state index in [0.717, 1.165) is 16.7 Å². The van der Waals surface area contributed by atoms with Gasteiger partial charge in [0.1, 0.15) is 11.9 Å². The predicted molar refractivity (Wildman–Crippen MR) is 101 cm³/mol. The summed E-state index contributed by atoms with van der Waals surface area (Å²) in [7, 11) is 0. The third-order valence-electron chi connectivity index (χ3n) is 4.71. The monoisotopic (exact) mass is 343 g/mol. The predicted octanol–water partition coefficient (Wildman–Crippen LogP) is 4.30. The lowest BCUT2D eigenvalue weighted by Gasteiger charge is -2.40. The van der Waals surface area contributed by atoms with Crippen molar-refractivity contribution in [3.8, 4) is 17.2 Å². The number of nitrogens with zero attached hydrogens (tertiary/aromatic N) is 3. The fraction of sp³-hybridized carbons (Fsp3) is 0.227. The van der Waals surface area contributed by atoms with E-state index in [0.29, 0.717) is 11.1 Å². The molecule has 130 valence electrons. The van der Waals surface area contributed by atoms with Gasteiger partial charge in [0.2, 0.25) is 0 Å². The molecule has 0 aliphatic rings. The molecule has 0 aliphatic carbocycles. The molecule has 4 heteroatoms. The van der Waals surface area contributed by atoms with Crippen LogP contribution in [0, 0.1) is 16.7 Å². The first-order valence-corrected chi connectivity index (χ1v) is 8.45. The molecule has 1 heterocycles. The van der Waals surface area contributed by atoms with Gasteiger partial charge in [-0.1, -0.05) is 57.2 Å². The van der Waals surface area contributed by atoms with Gasteiger partial charge in [0, 0.05) is 18.0 Å². The van der Waals surface area contributed by atoms with Gasteiger partial charge in [0.15, 0.2) is 0 Å². The Labute approximate surface area is 153 Å². The molecule has 2 aromatic carbocycles. The highest BCUT2D eigenvalue weighted by Crippen LogP contribution is 2.44. The molecule has 0 amide bonds. The maximum atomic E-state index is 11.6. The largest absolute Gasteiger partial charge is 0.380 e. The number of aliphatic hydroxyl groups is 1. The van der Waals surface area contributed by atoms with Crippen molar-refractivity contribution >= 4 is 0 Å². The van der Waals surface area contributed by atoms with Gasteiger partial charge in [-0.15, -0.1) is 0 Å². The molecule has 26 heavy (non-hydrogen) atoms. The molecule has 0 bridgehead atoms. The second kappa shape index (κ2) is 6.70. The SMILES string of the molecule is CC(C)(C)C(O)(c1ccc(-c2ccc(C#N)cc2)cc1)c1cncnc1. The van der Waals surface area contributed by atoms with Gasteiger partial charge < -0.3 is 5.11 Å². The lowest BCUT2D eigenvalue weighted by Crippen LogP contribution is -2.41. The summed E-state index contributed by atoms with van der Waals surface area (Å²) in [6.07, 6.45) is 4.78. The zero-order valence-electron chi connectivity index (χ0n) is 15.1. The maximum Gasteiger partial charge on any atom is 0.122 e. The van der Waals surface area contributed by atoms with E-state index in [1.54, 1.807) is 24.5 Å². The normalized spacial score (nSPS) is 13.7. The van der Waals surface area contributed by atoms with E-state index in [4.69, 9.17) is 5.26 Å². The summed E-state index contributed by atoms with van der Waals surface area (Å²) in [6, 6.07) is 17.4. The van der Waals surface area contributed by atoms with Gasteiger partial charge in [-0.3, -0.25) is 0 Å². The Kier molecular flexibility index (Phi) is 4.58. The lowest BCUT2D eigenvalue weighted by atomic mass is 9.69. The third kappa shape index (κ3) is 3.10. The quantitative estimate of drug-likeness (QED) is 0.770. The Morgan fingerprint density at radius 1 is 0.808 bits per heavy atom. The smallest absolute Gasteiger partial charge is 0.122 e. The summed E-state index contributed by atoms with van der Waals surface area (Å²) < 4.78 is 0. The van der Waals surface area contributed by atoms with Crippen LogP contribution in [0.1, 0.15) is 37.5 Å². The van der Waals surface area contributed by atoms with E-state index >= 15 is 0 Å². The van der Waals surface area contributed by atoms with Crippen molar-refractivity contribution in [3.05, 3.63) is 83.9 Å². The van der Waals surface area contributed by atoms with Gasteiger partial charge in [-0.25, -0.2) is 9.97 Å². The van der Waals surface area contributed by atoms with Gasteiger partial charge in [0.25, 0.3) is 0 Å². The number of aromatic nitrogens is 2. The van der Waals surface area contributed by atoms with Crippen LogP contribution in [0.2, 0.25) is 0 Å². The Morgan fingerprint density at radius 3 is 1.77 bits per heavy atom. The van der Waals surface area contributed by atoms with Crippen LogP contribution in [0.15, 0.2) is 67.3 Å². The molecule has 0 saturated carbocycles. The molecule has 1 N–H and O–H groups in total. The third-order valence-corrected chi connectivity index (χ3v) is 4.71. The maximum absolute atomic E-state index is 11.6. The number of nitriles is 1. The van der Waals surface area contributed by atoms with Crippen LogP contribution in [0.4, 0.5) is 0 Å². The molecule has 0 spiro atoms. The van der Waals surface area contributed by atoms with Crippen LogP contribution in [0.3, 0.4) is 0 Å². The second-order valence-electron chi connectivity index (χ2n) is 7.35. The van der Waals surface area contributed by atoms with Crippen molar-refractivity contribution in [2.45, 2.75) is 26.4 Å². The number of benzene rings is 2. The van der Waals surface area contributed by atoms with Gasteiger partial charge in [-0.05, 0) is 34.2 Å². The molecule has 4 nitrogen and oxygen atoms in total. The van der Waals surface area contributed by atoms with E-state index in [1.165, 1.54) is 6.33 Å². The summed E-state index contributed by atoms with van der Waals surface area (Å²) in [6.45, 7) is 5.98. The van der Waals surface area contributed by atoms with Crippen molar-refractivity contribution in [2.24, 2.45) is 5.41 Å². The molecule has 1 aromatic heterocycles. The summed E-state index contributed by atoms with van der Waals surface area (Å²) >= 11 is 0. The Hall–Kier alpha value is -3.03. The number of rotatable bonds is 3. The Morgan fingerprint density at radius 2 is 1.31 bits per heavy atom. The molecule has 0 fully saturated rings. The van der Waals surface area contributed by atoms with E-state index in [-0.39, 0.29) is 0 Å². The summed E-state index contributed by atoms with van der Waals surface area (Å²) in [5.41, 5.74) is 2.48. The Bertz CT molecular complexity index is 920. The van der Waals surface area contributed by atoms with E-state index < -0.39 is 11.0 Å². The van der Waals surface area contributed by atoms with E-state index in [2.05, 4.69) is 16.0 Å². The molecule has 0 saturated heterocycles. The minimum Gasteiger partial charge on any atom is -0.380 e. The van der Waals surface area contributed by atoms with Crippen LogP contribution in [0.25, 0.3) is 11.1 Å². The fourth-order valence-electron chi connectivity index (χ4n) is 3.16. The fourth-order valence-corrected chi connectivity index (χ4v) is 3.16. The van der Waals surface area contributed by atoms with Crippen LogP contribution in [0.5, 0.6) is 0 Å². The lowest BCUT2D eigenvalue weighted by molar-refractivity contribution is -0.0264. The molecule has 1 atom stereocenters. The molecule has 3 rings (SSSR count). The van der Waals surface area contributed by atoms with Gasteiger partial charge in [0.05, 0.1) is 11.6 Å². The highest BCUT2D eigenvalue weighted by Gasteiger charge is 2.43. The van der Waals surface area contributed by atoms with Crippen molar-refractivity contribution in [3.63, 3.8) is 0 Å². The van der Waals surface area contributed by atoms with Crippen LogP contribution in [-0.4, -0.2) is 15.1 Å². The van der Waals surface area contributed by atoms with Crippen molar-refractivity contribution in [2.75, 3.05) is 0 Å². The highest BCUT2D eigenvalue weighted by molar-refractivity contribution is 5.65. The average Bonchev–Trinajstić information content (AvgIpc) is 2.67. The first kappa shape index (κ1) is 17.8. The van der Waals surface area contributed by atoms with E-state index in [9.17, 15) is 5.11 Å². The molecule has 3 aromatic rings.